The lowest BCUT2D eigenvalue weighted by atomic mass is 10.2. The molecule has 0 radical (unpaired) electrons. The minimum Gasteiger partial charge on any atom is -0.495 e. The van der Waals surface area contributed by atoms with E-state index in [1.54, 1.807) is 44.2 Å². The van der Waals surface area contributed by atoms with E-state index in [9.17, 15) is 13.2 Å². The van der Waals surface area contributed by atoms with E-state index in [4.69, 9.17) is 16.3 Å². The number of anilines is 1. The van der Waals surface area contributed by atoms with Gasteiger partial charge in [0.05, 0.1) is 23.6 Å². The van der Waals surface area contributed by atoms with Gasteiger partial charge in [-0.1, -0.05) is 30.7 Å². The summed E-state index contributed by atoms with van der Waals surface area (Å²) in [5.74, 6) is 0.0364. The molecule has 0 bridgehead atoms. The summed E-state index contributed by atoms with van der Waals surface area (Å²) in [5, 5.41) is 3.02. The zero-order chi connectivity index (χ0) is 20.2. The van der Waals surface area contributed by atoms with Gasteiger partial charge in [0.2, 0.25) is 15.9 Å². The maximum atomic E-state index is 13.0. The van der Waals surface area contributed by atoms with Crippen molar-refractivity contribution >= 4 is 33.2 Å². The number of likely N-dealkylation sites (N-methyl/N-ethyl adjacent to an activating group) is 1. The van der Waals surface area contributed by atoms with E-state index in [-0.39, 0.29) is 18.0 Å². The van der Waals surface area contributed by atoms with Crippen LogP contribution in [-0.2, 0) is 14.8 Å². The van der Waals surface area contributed by atoms with Gasteiger partial charge in [-0.2, -0.15) is 4.31 Å². The van der Waals surface area contributed by atoms with Gasteiger partial charge in [-0.25, -0.2) is 8.42 Å². The number of aryl methyl sites for hydroxylation is 2. The Bertz CT molecular complexity index is 945. The van der Waals surface area contributed by atoms with Gasteiger partial charge in [-0.05, 0) is 49.2 Å². The Hall–Kier alpha value is -2.09. The summed E-state index contributed by atoms with van der Waals surface area (Å²) < 4.78 is 32.2. The fourth-order valence-electron chi connectivity index (χ4n) is 2.60. The molecule has 2 aromatic rings. The van der Waals surface area contributed by atoms with Crippen LogP contribution in [0.3, 0.4) is 0 Å². The van der Waals surface area contributed by atoms with Crippen LogP contribution in [0.25, 0.3) is 0 Å². The lowest BCUT2D eigenvalue weighted by molar-refractivity contribution is -0.116. The number of hydrogen-bond donors (Lipinski definition) is 1. The number of sulfonamides is 1. The maximum Gasteiger partial charge on any atom is 0.243 e. The van der Waals surface area contributed by atoms with Crippen LogP contribution in [0.4, 0.5) is 5.69 Å². The lowest BCUT2D eigenvalue weighted by Gasteiger charge is -2.21. The molecule has 0 fully saturated rings. The Morgan fingerprint density at radius 3 is 2.48 bits per heavy atom. The number of halogens is 1. The fourth-order valence-corrected chi connectivity index (χ4v) is 4.57. The molecule has 0 heterocycles. The molecule has 2 rings (SSSR count). The monoisotopic (exact) mass is 410 g/mol. The maximum absolute atomic E-state index is 13.0. The molecule has 0 saturated heterocycles. The molecule has 1 amide bonds. The zero-order valence-corrected chi connectivity index (χ0v) is 17.3. The van der Waals surface area contributed by atoms with Crippen molar-refractivity contribution in [1.82, 2.24) is 4.31 Å². The number of ether oxygens (including phenoxy) is 1. The smallest absolute Gasteiger partial charge is 0.243 e. The molecule has 0 aliphatic carbocycles. The van der Waals surface area contributed by atoms with Crippen molar-refractivity contribution < 1.29 is 17.9 Å². The number of rotatable bonds is 7. The highest BCUT2D eigenvalue weighted by Crippen LogP contribution is 2.27. The van der Waals surface area contributed by atoms with Crippen LogP contribution in [0.15, 0.2) is 41.3 Å². The molecule has 146 valence electrons. The van der Waals surface area contributed by atoms with Gasteiger partial charge < -0.3 is 10.1 Å². The van der Waals surface area contributed by atoms with Crippen molar-refractivity contribution in [1.29, 1.82) is 0 Å². The van der Waals surface area contributed by atoms with Gasteiger partial charge in [-0.3, -0.25) is 4.79 Å². The molecule has 1 N–H and O–H groups in total. The molecule has 0 saturated carbocycles. The summed E-state index contributed by atoms with van der Waals surface area (Å²) in [6.07, 6.45) is 0. The molecule has 0 unspecified atom stereocenters. The SMILES string of the molecule is CCN(CC(=O)Nc1ccc(OC)c(Cl)c1)S(=O)(=O)c1cc(C)ccc1C. The van der Waals surface area contributed by atoms with Crippen LogP contribution in [0.2, 0.25) is 5.02 Å². The number of carbonyl (C=O) groups is 1. The molecule has 0 aromatic heterocycles. The van der Waals surface area contributed by atoms with Crippen LogP contribution >= 0.6 is 11.6 Å². The summed E-state index contributed by atoms with van der Waals surface area (Å²) in [5.41, 5.74) is 1.94. The lowest BCUT2D eigenvalue weighted by Crippen LogP contribution is -2.38. The first-order valence-corrected chi connectivity index (χ1v) is 10.2. The Labute approximate surface area is 165 Å². The second-order valence-corrected chi connectivity index (χ2v) is 8.41. The van der Waals surface area contributed by atoms with E-state index >= 15 is 0 Å². The fraction of sp³-hybridized carbons (Fsp3) is 0.316. The van der Waals surface area contributed by atoms with E-state index in [1.807, 2.05) is 13.0 Å². The standard InChI is InChI=1S/C19H23ClN2O4S/c1-5-22(27(24,25)18-10-13(2)6-7-14(18)3)12-19(23)21-15-8-9-17(26-4)16(20)11-15/h6-11H,5,12H2,1-4H3,(H,21,23). The van der Waals surface area contributed by atoms with Crippen LogP contribution in [0, 0.1) is 13.8 Å². The molecule has 27 heavy (non-hydrogen) atoms. The van der Waals surface area contributed by atoms with Gasteiger partial charge in [0.15, 0.2) is 0 Å². The predicted octanol–water partition coefficient (Wildman–Crippen LogP) is 3.61. The summed E-state index contributed by atoms with van der Waals surface area (Å²) >= 11 is 6.05. The molecule has 8 heteroatoms. The molecular formula is C19H23ClN2O4S. The average molecular weight is 411 g/mol. The van der Waals surface area contributed by atoms with Crippen molar-refractivity contribution in [3.8, 4) is 5.75 Å². The summed E-state index contributed by atoms with van der Waals surface area (Å²) in [4.78, 5) is 12.6. The largest absolute Gasteiger partial charge is 0.495 e. The molecule has 0 spiro atoms. The van der Waals surface area contributed by atoms with Crippen molar-refractivity contribution in [2.24, 2.45) is 0 Å². The van der Waals surface area contributed by atoms with Gasteiger partial charge in [0.1, 0.15) is 5.75 Å². The van der Waals surface area contributed by atoms with E-state index in [0.717, 1.165) is 9.87 Å². The van der Waals surface area contributed by atoms with E-state index in [0.29, 0.717) is 22.0 Å². The summed E-state index contributed by atoms with van der Waals surface area (Å²) in [6, 6.07) is 10.0. The van der Waals surface area contributed by atoms with Crippen molar-refractivity contribution in [3.05, 3.63) is 52.5 Å². The van der Waals surface area contributed by atoms with Crippen LogP contribution < -0.4 is 10.1 Å². The first-order valence-electron chi connectivity index (χ1n) is 8.39. The number of amides is 1. The van der Waals surface area contributed by atoms with Gasteiger partial charge >= 0.3 is 0 Å². The first-order chi connectivity index (χ1) is 12.7. The molecule has 2 aromatic carbocycles. The van der Waals surface area contributed by atoms with Gasteiger partial charge in [-0.15, -0.1) is 0 Å². The minimum absolute atomic E-state index is 0.173. The molecule has 6 nitrogen and oxygen atoms in total. The molecular weight excluding hydrogens is 388 g/mol. The van der Waals surface area contributed by atoms with Crippen LogP contribution in [0.5, 0.6) is 5.75 Å². The third-order valence-electron chi connectivity index (χ3n) is 4.07. The highest BCUT2D eigenvalue weighted by molar-refractivity contribution is 7.89. The Kier molecular flexibility index (Phi) is 6.86. The number of methoxy groups -OCH3 is 1. The number of nitrogens with zero attached hydrogens (tertiary/aromatic N) is 1. The minimum atomic E-state index is -3.78. The van der Waals surface area contributed by atoms with Gasteiger partial charge in [0.25, 0.3) is 0 Å². The quantitative estimate of drug-likeness (QED) is 0.756. The molecule has 0 atom stereocenters. The summed E-state index contributed by atoms with van der Waals surface area (Å²) in [7, 11) is -2.29. The average Bonchev–Trinajstić information content (AvgIpc) is 2.61. The number of carbonyl (C=O) groups excluding carboxylic acids is 1. The van der Waals surface area contributed by atoms with Crippen molar-refractivity contribution in [3.63, 3.8) is 0 Å². The Morgan fingerprint density at radius 1 is 1.19 bits per heavy atom. The highest BCUT2D eigenvalue weighted by atomic mass is 35.5. The normalized spacial score (nSPS) is 11.5. The molecule has 0 aliphatic heterocycles. The number of benzene rings is 2. The number of nitrogens with one attached hydrogen (secondary N) is 1. The van der Waals surface area contributed by atoms with Crippen molar-refractivity contribution in [2.75, 3.05) is 25.5 Å². The number of hydrogen-bond acceptors (Lipinski definition) is 4. The first kappa shape index (κ1) is 21.2. The third kappa shape index (κ3) is 5.00. The van der Waals surface area contributed by atoms with Crippen molar-refractivity contribution in [2.45, 2.75) is 25.7 Å². The van der Waals surface area contributed by atoms with E-state index < -0.39 is 15.9 Å². The second-order valence-electron chi connectivity index (χ2n) is 6.10. The Morgan fingerprint density at radius 2 is 1.89 bits per heavy atom. The third-order valence-corrected chi connectivity index (χ3v) is 6.43. The molecule has 0 aliphatic rings. The zero-order valence-electron chi connectivity index (χ0n) is 15.7. The summed E-state index contributed by atoms with van der Waals surface area (Å²) in [6.45, 7) is 5.14. The second kappa shape index (κ2) is 8.73. The topological polar surface area (TPSA) is 75.7 Å². The predicted molar refractivity (Wildman–Crippen MR) is 107 cm³/mol. The Balaban J connectivity index is 2.19. The van der Waals surface area contributed by atoms with E-state index in [2.05, 4.69) is 5.32 Å². The van der Waals surface area contributed by atoms with Crippen LogP contribution in [-0.4, -0.2) is 38.8 Å². The van der Waals surface area contributed by atoms with Crippen LogP contribution in [0.1, 0.15) is 18.1 Å². The highest BCUT2D eigenvalue weighted by Gasteiger charge is 2.27. The van der Waals surface area contributed by atoms with E-state index in [1.165, 1.54) is 7.11 Å². The van der Waals surface area contributed by atoms with Gasteiger partial charge in [0, 0.05) is 12.2 Å².